The summed E-state index contributed by atoms with van der Waals surface area (Å²) in [5.41, 5.74) is 0.952. The Hall–Kier alpha value is -2.49. The van der Waals surface area contributed by atoms with Gasteiger partial charge in [0, 0.05) is 31.4 Å². The van der Waals surface area contributed by atoms with Gasteiger partial charge >= 0.3 is 0 Å². The highest BCUT2D eigenvalue weighted by molar-refractivity contribution is 7.89. The number of amides is 1. The van der Waals surface area contributed by atoms with Crippen LogP contribution in [-0.4, -0.2) is 46.0 Å². The summed E-state index contributed by atoms with van der Waals surface area (Å²) in [7, 11) is -1.39. The summed E-state index contributed by atoms with van der Waals surface area (Å²) in [6.07, 6.45) is 2.07. The zero-order valence-corrected chi connectivity index (χ0v) is 16.5. The molecule has 7 nitrogen and oxygen atoms in total. The van der Waals surface area contributed by atoms with E-state index in [9.17, 15) is 17.6 Å². The third-order valence-corrected chi connectivity index (χ3v) is 6.32. The standard InChI is InChI=1S/C19H22FN3O4S/c1-22(27-2)28(25,26)16-7-5-6-14(12-16)19(24)21-15-8-9-18(17(20)13-15)23-10-3-4-11-23/h5-9,12-13H,3-4,10-11H2,1-2H3,(H,21,24). The first-order valence-corrected chi connectivity index (χ1v) is 10.3. The van der Waals surface area contributed by atoms with Gasteiger partial charge in [0.25, 0.3) is 15.9 Å². The lowest BCUT2D eigenvalue weighted by atomic mass is 10.2. The largest absolute Gasteiger partial charge is 0.369 e. The first kappa shape index (κ1) is 20.2. The minimum absolute atomic E-state index is 0.0833. The maximum absolute atomic E-state index is 14.4. The molecule has 0 spiro atoms. The van der Waals surface area contributed by atoms with Crippen molar-refractivity contribution in [2.75, 3.05) is 37.5 Å². The van der Waals surface area contributed by atoms with E-state index in [1.54, 1.807) is 12.1 Å². The van der Waals surface area contributed by atoms with E-state index in [2.05, 4.69) is 5.32 Å². The predicted octanol–water partition coefficient (Wildman–Crippen LogP) is 2.86. The molecule has 2 aromatic carbocycles. The number of carbonyl (C=O) groups is 1. The molecule has 1 fully saturated rings. The van der Waals surface area contributed by atoms with Crippen LogP contribution in [0.2, 0.25) is 0 Å². The Morgan fingerprint density at radius 2 is 1.89 bits per heavy atom. The molecule has 1 aliphatic rings. The minimum Gasteiger partial charge on any atom is -0.369 e. The average Bonchev–Trinajstić information content (AvgIpc) is 3.22. The Bertz CT molecular complexity index is 975. The quantitative estimate of drug-likeness (QED) is 0.745. The van der Waals surface area contributed by atoms with Crippen LogP contribution in [0, 0.1) is 5.82 Å². The first-order valence-electron chi connectivity index (χ1n) is 8.82. The molecule has 0 unspecified atom stereocenters. The summed E-state index contributed by atoms with van der Waals surface area (Å²) in [4.78, 5) is 19.1. The van der Waals surface area contributed by atoms with Crippen LogP contribution < -0.4 is 10.2 Å². The molecule has 0 aliphatic carbocycles. The lowest BCUT2D eigenvalue weighted by Gasteiger charge is -2.19. The van der Waals surface area contributed by atoms with E-state index in [-0.39, 0.29) is 10.5 Å². The van der Waals surface area contributed by atoms with Gasteiger partial charge in [-0.05, 0) is 49.2 Å². The molecule has 0 saturated carbocycles. The summed E-state index contributed by atoms with van der Waals surface area (Å²) in [6, 6.07) is 10.1. The van der Waals surface area contributed by atoms with Crippen LogP contribution >= 0.6 is 0 Å². The second-order valence-corrected chi connectivity index (χ2v) is 8.38. The molecule has 1 amide bonds. The van der Waals surface area contributed by atoms with Gasteiger partial charge in [0.05, 0.1) is 17.7 Å². The molecule has 1 heterocycles. The van der Waals surface area contributed by atoms with Crippen molar-refractivity contribution >= 4 is 27.3 Å². The van der Waals surface area contributed by atoms with Gasteiger partial charge in [-0.25, -0.2) is 12.8 Å². The fourth-order valence-corrected chi connectivity index (χ4v) is 4.07. The highest BCUT2D eigenvalue weighted by Gasteiger charge is 2.22. The molecule has 0 bridgehead atoms. The summed E-state index contributed by atoms with van der Waals surface area (Å²) in [5, 5.41) is 2.60. The normalized spacial score (nSPS) is 14.5. The Labute approximate surface area is 163 Å². The van der Waals surface area contributed by atoms with Gasteiger partial charge in [0.2, 0.25) is 0 Å². The molecule has 1 saturated heterocycles. The van der Waals surface area contributed by atoms with Crippen molar-refractivity contribution in [1.29, 1.82) is 0 Å². The Morgan fingerprint density at radius 1 is 1.18 bits per heavy atom. The van der Waals surface area contributed by atoms with Gasteiger partial charge in [-0.1, -0.05) is 10.5 Å². The van der Waals surface area contributed by atoms with Gasteiger partial charge in [0.15, 0.2) is 0 Å². The lowest BCUT2D eigenvalue weighted by molar-refractivity contribution is -0.0258. The number of hydrogen-bond donors (Lipinski definition) is 1. The SMILES string of the molecule is CON(C)S(=O)(=O)c1cccc(C(=O)Nc2ccc(N3CCCC3)c(F)c2)c1. The summed E-state index contributed by atoms with van der Waals surface area (Å²) in [6.45, 7) is 1.64. The van der Waals surface area contributed by atoms with E-state index in [0.29, 0.717) is 15.8 Å². The highest BCUT2D eigenvalue weighted by Crippen LogP contribution is 2.26. The van der Waals surface area contributed by atoms with Gasteiger partial charge in [-0.2, -0.15) is 0 Å². The number of nitrogens with zero attached hydrogens (tertiary/aromatic N) is 2. The van der Waals surface area contributed by atoms with Crippen LogP contribution in [0.4, 0.5) is 15.8 Å². The molecule has 0 radical (unpaired) electrons. The van der Waals surface area contributed by atoms with Crippen molar-refractivity contribution in [3.8, 4) is 0 Å². The van der Waals surface area contributed by atoms with E-state index in [1.165, 1.54) is 44.5 Å². The van der Waals surface area contributed by atoms with E-state index >= 15 is 0 Å². The van der Waals surface area contributed by atoms with Crippen LogP contribution in [0.25, 0.3) is 0 Å². The minimum atomic E-state index is -3.87. The third-order valence-electron chi connectivity index (χ3n) is 4.64. The van der Waals surface area contributed by atoms with Crippen molar-refractivity contribution in [1.82, 2.24) is 4.47 Å². The Balaban J connectivity index is 1.78. The number of rotatable bonds is 6. The Kier molecular flexibility index (Phi) is 5.97. The lowest BCUT2D eigenvalue weighted by Crippen LogP contribution is -2.26. The number of hydroxylamine groups is 1. The van der Waals surface area contributed by atoms with Crippen LogP contribution in [-0.2, 0) is 14.9 Å². The van der Waals surface area contributed by atoms with Crippen molar-refractivity contribution < 1.29 is 22.4 Å². The second-order valence-electron chi connectivity index (χ2n) is 6.44. The predicted molar refractivity (Wildman–Crippen MR) is 104 cm³/mol. The molecule has 150 valence electrons. The molecule has 1 aliphatic heterocycles. The maximum atomic E-state index is 14.4. The van der Waals surface area contributed by atoms with Crippen LogP contribution in [0.15, 0.2) is 47.4 Å². The maximum Gasteiger partial charge on any atom is 0.264 e. The van der Waals surface area contributed by atoms with E-state index in [0.717, 1.165) is 25.9 Å². The summed E-state index contributed by atoms with van der Waals surface area (Å²) >= 11 is 0. The van der Waals surface area contributed by atoms with Crippen molar-refractivity contribution in [3.63, 3.8) is 0 Å². The molecule has 0 aromatic heterocycles. The monoisotopic (exact) mass is 407 g/mol. The van der Waals surface area contributed by atoms with Crippen LogP contribution in [0.3, 0.4) is 0 Å². The Morgan fingerprint density at radius 3 is 2.54 bits per heavy atom. The molecular weight excluding hydrogens is 385 g/mol. The molecule has 0 atom stereocenters. The molecule has 28 heavy (non-hydrogen) atoms. The molecule has 3 rings (SSSR count). The molecular formula is C19H22FN3O4S. The van der Waals surface area contributed by atoms with Crippen molar-refractivity contribution in [3.05, 3.63) is 53.8 Å². The third kappa shape index (κ3) is 4.16. The number of halogens is 1. The summed E-state index contributed by atoms with van der Waals surface area (Å²) in [5.74, 6) is -0.941. The number of nitrogens with one attached hydrogen (secondary N) is 1. The van der Waals surface area contributed by atoms with Crippen molar-refractivity contribution in [2.24, 2.45) is 0 Å². The fourth-order valence-electron chi connectivity index (χ4n) is 3.05. The number of benzene rings is 2. The van der Waals surface area contributed by atoms with E-state index in [4.69, 9.17) is 4.84 Å². The van der Waals surface area contributed by atoms with Crippen LogP contribution in [0.5, 0.6) is 0 Å². The number of hydrogen-bond acceptors (Lipinski definition) is 5. The average molecular weight is 407 g/mol. The number of sulfonamides is 1. The van der Waals surface area contributed by atoms with E-state index < -0.39 is 21.7 Å². The molecule has 9 heteroatoms. The van der Waals surface area contributed by atoms with Crippen LogP contribution in [0.1, 0.15) is 23.2 Å². The fraction of sp³-hybridized carbons (Fsp3) is 0.316. The molecule has 2 aromatic rings. The number of carbonyl (C=O) groups excluding carboxylic acids is 1. The summed E-state index contributed by atoms with van der Waals surface area (Å²) < 4.78 is 39.8. The smallest absolute Gasteiger partial charge is 0.264 e. The topological polar surface area (TPSA) is 78.9 Å². The van der Waals surface area contributed by atoms with Gasteiger partial charge in [0.1, 0.15) is 5.82 Å². The van der Waals surface area contributed by atoms with Gasteiger partial charge in [-0.15, -0.1) is 0 Å². The van der Waals surface area contributed by atoms with E-state index in [1.807, 2.05) is 4.90 Å². The number of anilines is 2. The zero-order valence-electron chi connectivity index (χ0n) is 15.7. The second kappa shape index (κ2) is 8.26. The van der Waals surface area contributed by atoms with Crippen molar-refractivity contribution in [2.45, 2.75) is 17.7 Å². The molecule has 1 N–H and O–H groups in total. The zero-order chi connectivity index (χ0) is 20.3. The van der Waals surface area contributed by atoms with Gasteiger partial charge < -0.3 is 10.2 Å². The van der Waals surface area contributed by atoms with Gasteiger partial charge in [-0.3, -0.25) is 9.63 Å². The first-order chi connectivity index (χ1) is 13.3. The highest BCUT2D eigenvalue weighted by atomic mass is 32.2.